The van der Waals surface area contributed by atoms with Crippen molar-refractivity contribution in [2.75, 3.05) is 25.6 Å². The third kappa shape index (κ3) is 3.48. The molecule has 4 rings (SSSR count). The van der Waals surface area contributed by atoms with Crippen LogP contribution in [0.15, 0.2) is 42.5 Å². The number of aromatic nitrogens is 2. The van der Waals surface area contributed by atoms with Crippen LogP contribution < -0.4 is 19.5 Å². The number of anilines is 1. The Kier molecular flexibility index (Phi) is 4.83. The van der Waals surface area contributed by atoms with Crippen molar-refractivity contribution in [1.82, 2.24) is 9.78 Å². The van der Waals surface area contributed by atoms with E-state index in [0.29, 0.717) is 46.9 Å². The van der Waals surface area contributed by atoms with Gasteiger partial charge in [-0.15, -0.1) is 0 Å². The molecule has 1 amide bonds. The molecule has 1 aromatic heterocycles. The zero-order valence-electron chi connectivity index (χ0n) is 15.4. The molecule has 1 aliphatic rings. The summed E-state index contributed by atoms with van der Waals surface area (Å²) in [7, 11) is 1.52. The second-order valence-corrected chi connectivity index (χ2v) is 6.66. The second-order valence-electron chi connectivity index (χ2n) is 6.22. The topological polar surface area (TPSA) is 74.6 Å². The van der Waals surface area contributed by atoms with Gasteiger partial charge < -0.3 is 19.5 Å². The van der Waals surface area contributed by atoms with Gasteiger partial charge in [-0.25, -0.2) is 4.68 Å². The lowest BCUT2D eigenvalue weighted by Gasteiger charge is -2.21. The monoisotopic (exact) mass is 399 g/mol. The highest BCUT2D eigenvalue weighted by Gasteiger charge is 2.22. The van der Waals surface area contributed by atoms with Gasteiger partial charge in [-0.1, -0.05) is 17.7 Å². The number of carbonyl (C=O) groups excluding carboxylic acids is 1. The van der Waals surface area contributed by atoms with E-state index in [4.69, 9.17) is 25.8 Å². The average Bonchev–Trinajstić information content (AvgIpc) is 3.07. The van der Waals surface area contributed by atoms with Crippen molar-refractivity contribution < 1.29 is 19.0 Å². The molecule has 28 heavy (non-hydrogen) atoms. The quantitative estimate of drug-likeness (QED) is 0.720. The predicted molar refractivity (Wildman–Crippen MR) is 105 cm³/mol. The van der Waals surface area contributed by atoms with E-state index in [9.17, 15) is 4.79 Å². The van der Waals surface area contributed by atoms with E-state index in [-0.39, 0.29) is 5.91 Å². The molecule has 0 radical (unpaired) electrons. The number of amides is 1. The fraction of sp³-hybridized carbons (Fsp3) is 0.200. The Balaban J connectivity index is 1.66. The summed E-state index contributed by atoms with van der Waals surface area (Å²) in [6.07, 6.45) is 0. The average molecular weight is 400 g/mol. The molecule has 7 nitrogen and oxygen atoms in total. The standard InChI is InChI=1S/C20H18ClN3O4/c1-12-8-18(24(23-12)15-5-3-4-14(21)11-15)22-20(25)13-9-16(26-2)19-17(10-13)27-6-7-28-19/h3-5,8-11H,6-7H2,1-2H3,(H,22,25). The summed E-state index contributed by atoms with van der Waals surface area (Å²) in [6, 6.07) is 12.3. The first-order chi connectivity index (χ1) is 13.5. The van der Waals surface area contributed by atoms with E-state index in [0.717, 1.165) is 11.4 Å². The van der Waals surface area contributed by atoms with Crippen LogP contribution in [0.4, 0.5) is 5.82 Å². The maximum absolute atomic E-state index is 12.9. The van der Waals surface area contributed by atoms with Gasteiger partial charge in [0.1, 0.15) is 19.0 Å². The van der Waals surface area contributed by atoms with Crippen LogP contribution in [0, 0.1) is 6.92 Å². The summed E-state index contributed by atoms with van der Waals surface area (Å²) in [6.45, 7) is 2.71. The lowest BCUT2D eigenvalue weighted by atomic mass is 10.1. The van der Waals surface area contributed by atoms with Crippen LogP contribution >= 0.6 is 11.6 Å². The molecule has 2 heterocycles. The fourth-order valence-corrected chi connectivity index (χ4v) is 3.17. The third-order valence-electron chi connectivity index (χ3n) is 4.22. The van der Waals surface area contributed by atoms with Gasteiger partial charge in [-0.05, 0) is 37.3 Å². The molecule has 0 saturated heterocycles. The minimum absolute atomic E-state index is 0.321. The number of hydrogen-bond acceptors (Lipinski definition) is 5. The van der Waals surface area contributed by atoms with Crippen molar-refractivity contribution in [3.63, 3.8) is 0 Å². The van der Waals surface area contributed by atoms with Crippen molar-refractivity contribution in [3.8, 4) is 22.9 Å². The lowest BCUT2D eigenvalue weighted by molar-refractivity contribution is 0.102. The molecular weight excluding hydrogens is 382 g/mol. The van der Waals surface area contributed by atoms with Gasteiger partial charge in [0.15, 0.2) is 11.5 Å². The number of fused-ring (bicyclic) bond motifs is 1. The Labute approximate surface area is 166 Å². The van der Waals surface area contributed by atoms with Gasteiger partial charge in [0, 0.05) is 16.7 Å². The van der Waals surface area contributed by atoms with E-state index in [1.165, 1.54) is 7.11 Å². The van der Waals surface area contributed by atoms with E-state index in [2.05, 4.69) is 10.4 Å². The highest BCUT2D eigenvalue weighted by molar-refractivity contribution is 6.30. The van der Waals surface area contributed by atoms with Gasteiger partial charge in [-0.3, -0.25) is 4.79 Å². The van der Waals surface area contributed by atoms with E-state index in [1.807, 2.05) is 19.1 Å². The van der Waals surface area contributed by atoms with Crippen LogP contribution in [0.2, 0.25) is 5.02 Å². The first kappa shape index (κ1) is 18.2. The molecule has 1 aliphatic heterocycles. The molecule has 0 fully saturated rings. The molecule has 0 saturated carbocycles. The number of aryl methyl sites for hydroxylation is 1. The molecule has 0 aliphatic carbocycles. The number of rotatable bonds is 4. The number of ether oxygens (including phenoxy) is 3. The molecule has 0 spiro atoms. The highest BCUT2D eigenvalue weighted by atomic mass is 35.5. The zero-order valence-corrected chi connectivity index (χ0v) is 16.1. The number of nitrogens with zero attached hydrogens (tertiary/aromatic N) is 2. The Hall–Kier alpha value is -3.19. The predicted octanol–water partition coefficient (Wildman–Crippen LogP) is 3.87. The maximum Gasteiger partial charge on any atom is 0.257 e. The molecular formula is C20H18ClN3O4. The molecule has 144 valence electrons. The Morgan fingerprint density at radius 2 is 2.04 bits per heavy atom. The van der Waals surface area contributed by atoms with Crippen LogP contribution in [0.5, 0.6) is 17.2 Å². The van der Waals surface area contributed by atoms with Gasteiger partial charge in [0.2, 0.25) is 5.75 Å². The summed E-state index contributed by atoms with van der Waals surface area (Å²) in [4.78, 5) is 12.9. The molecule has 2 aromatic carbocycles. The van der Waals surface area contributed by atoms with E-state index < -0.39 is 0 Å². The van der Waals surface area contributed by atoms with Crippen LogP contribution in [0.1, 0.15) is 16.1 Å². The number of benzene rings is 2. The van der Waals surface area contributed by atoms with Crippen molar-refractivity contribution in [2.45, 2.75) is 6.92 Å². The van der Waals surface area contributed by atoms with Gasteiger partial charge in [-0.2, -0.15) is 5.10 Å². The Bertz CT molecular complexity index is 1030. The molecule has 0 unspecified atom stereocenters. The number of carbonyl (C=O) groups is 1. The summed E-state index contributed by atoms with van der Waals surface area (Å²) < 4.78 is 18.2. The van der Waals surface area contributed by atoms with Crippen LogP contribution in [0.3, 0.4) is 0 Å². The Morgan fingerprint density at radius 3 is 2.82 bits per heavy atom. The van der Waals surface area contributed by atoms with Gasteiger partial charge >= 0.3 is 0 Å². The summed E-state index contributed by atoms with van der Waals surface area (Å²) in [5.41, 5.74) is 1.89. The first-order valence-corrected chi connectivity index (χ1v) is 9.04. The summed E-state index contributed by atoms with van der Waals surface area (Å²) >= 11 is 6.09. The van der Waals surface area contributed by atoms with Crippen molar-refractivity contribution >= 4 is 23.3 Å². The van der Waals surface area contributed by atoms with Crippen molar-refractivity contribution in [2.24, 2.45) is 0 Å². The smallest absolute Gasteiger partial charge is 0.257 e. The second kappa shape index (κ2) is 7.44. The summed E-state index contributed by atoms with van der Waals surface area (Å²) in [5, 5.41) is 7.92. The normalized spacial score (nSPS) is 12.5. The lowest BCUT2D eigenvalue weighted by Crippen LogP contribution is -2.19. The van der Waals surface area contributed by atoms with Gasteiger partial charge in [0.05, 0.1) is 18.5 Å². The number of halogens is 1. The molecule has 8 heteroatoms. The van der Waals surface area contributed by atoms with E-state index >= 15 is 0 Å². The third-order valence-corrected chi connectivity index (χ3v) is 4.45. The van der Waals surface area contributed by atoms with Crippen molar-refractivity contribution in [3.05, 3.63) is 58.7 Å². The van der Waals surface area contributed by atoms with Crippen LogP contribution in [0.25, 0.3) is 5.69 Å². The minimum Gasteiger partial charge on any atom is -0.493 e. The number of hydrogen-bond donors (Lipinski definition) is 1. The van der Waals surface area contributed by atoms with Gasteiger partial charge in [0.25, 0.3) is 5.91 Å². The molecule has 0 atom stereocenters. The summed E-state index contributed by atoms with van der Waals surface area (Å²) in [5.74, 6) is 1.64. The zero-order chi connectivity index (χ0) is 19.7. The fourth-order valence-electron chi connectivity index (χ4n) is 2.99. The van der Waals surface area contributed by atoms with E-state index in [1.54, 1.807) is 35.0 Å². The molecule has 1 N–H and O–H groups in total. The largest absolute Gasteiger partial charge is 0.493 e. The van der Waals surface area contributed by atoms with Crippen LogP contribution in [-0.4, -0.2) is 36.0 Å². The molecule has 3 aromatic rings. The highest BCUT2D eigenvalue weighted by Crippen LogP contribution is 2.40. The number of nitrogens with one attached hydrogen (secondary N) is 1. The molecule has 0 bridgehead atoms. The minimum atomic E-state index is -0.321. The van der Waals surface area contributed by atoms with Crippen LogP contribution in [-0.2, 0) is 0 Å². The SMILES string of the molecule is COc1cc(C(=O)Nc2cc(C)nn2-c2cccc(Cl)c2)cc2c1OCCO2. The number of methoxy groups -OCH3 is 1. The van der Waals surface area contributed by atoms with Crippen molar-refractivity contribution in [1.29, 1.82) is 0 Å². The maximum atomic E-state index is 12.9. The Morgan fingerprint density at radius 1 is 1.21 bits per heavy atom. The first-order valence-electron chi connectivity index (χ1n) is 8.67.